The number of benzene rings is 1. The highest BCUT2D eigenvalue weighted by molar-refractivity contribution is 5.22. The number of rotatable bonds is 8. The van der Waals surface area contributed by atoms with Gasteiger partial charge in [-0.3, -0.25) is 9.80 Å². The minimum atomic E-state index is 0.709. The maximum atomic E-state index is 2.61. The molecule has 0 spiro atoms. The van der Waals surface area contributed by atoms with Crippen molar-refractivity contribution in [1.29, 1.82) is 0 Å². The average Bonchev–Trinajstić information content (AvgIpc) is 2.74. The van der Waals surface area contributed by atoms with Crippen molar-refractivity contribution < 1.29 is 0 Å². The summed E-state index contributed by atoms with van der Waals surface area (Å²) in [7, 11) is 4.62. The van der Waals surface area contributed by atoms with E-state index < -0.39 is 0 Å². The summed E-state index contributed by atoms with van der Waals surface area (Å²) in [6, 6.07) is 12.3. The second-order valence-electron chi connectivity index (χ2n) is 9.96. The maximum absolute atomic E-state index is 2.61. The Bertz CT molecular complexity index is 575. The van der Waals surface area contributed by atoms with E-state index in [1.54, 1.807) is 0 Å². The van der Waals surface area contributed by atoms with Crippen molar-refractivity contribution in [3.63, 3.8) is 0 Å². The molecular formula is C26H46N4. The molecular weight excluding hydrogens is 368 g/mol. The Morgan fingerprint density at radius 1 is 0.733 bits per heavy atom. The van der Waals surface area contributed by atoms with Gasteiger partial charge < -0.3 is 9.80 Å². The first-order chi connectivity index (χ1) is 14.4. The number of hydrogen-bond donors (Lipinski definition) is 0. The molecule has 170 valence electrons. The van der Waals surface area contributed by atoms with E-state index in [0.29, 0.717) is 24.2 Å². The average molecular weight is 415 g/mol. The van der Waals surface area contributed by atoms with Crippen LogP contribution in [0.15, 0.2) is 24.3 Å². The fourth-order valence-corrected chi connectivity index (χ4v) is 5.72. The van der Waals surface area contributed by atoms with Gasteiger partial charge in [-0.15, -0.1) is 0 Å². The summed E-state index contributed by atoms with van der Waals surface area (Å²) in [5, 5.41) is 0. The van der Waals surface area contributed by atoms with E-state index in [4.69, 9.17) is 0 Å². The highest BCUT2D eigenvalue weighted by Gasteiger charge is 2.28. The van der Waals surface area contributed by atoms with E-state index in [1.165, 1.54) is 63.0 Å². The molecule has 0 bridgehead atoms. The molecule has 3 rings (SSSR count). The third-order valence-electron chi connectivity index (χ3n) is 7.92. The van der Waals surface area contributed by atoms with Crippen LogP contribution in [-0.2, 0) is 13.1 Å². The molecule has 0 amide bonds. The molecule has 2 fully saturated rings. The molecule has 2 aliphatic heterocycles. The van der Waals surface area contributed by atoms with Crippen LogP contribution in [0.3, 0.4) is 0 Å². The molecule has 1 aromatic carbocycles. The molecule has 0 radical (unpaired) electrons. The lowest BCUT2D eigenvalue weighted by Gasteiger charge is -2.41. The fourth-order valence-electron chi connectivity index (χ4n) is 5.72. The van der Waals surface area contributed by atoms with E-state index in [2.05, 4.69) is 85.7 Å². The van der Waals surface area contributed by atoms with Crippen LogP contribution in [-0.4, -0.2) is 84.0 Å². The molecule has 4 atom stereocenters. The highest BCUT2D eigenvalue weighted by atomic mass is 15.2. The summed E-state index contributed by atoms with van der Waals surface area (Å²) >= 11 is 0. The minimum Gasteiger partial charge on any atom is -0.301 e. The van der Waals surface area contributed by atoms with Crippen molar-refractivity contribution >= 4 is 0 Å². The van der Waals surface area contributed by atoms with Gasteiger partial charge in [-0.05, 0) is 90.9 Å². The van der Waals surface area contributed by atoms with Gasteiger partial charge in [0.2, 0.25) is 0 Å². The Kier molecular flexibility index (Phi) is 8.76. The lowest BCUT2D eigenvalue weighted by atomic mass is 9.96. The number of nitrogens with zero attached hydrogens (tertiary/aromatic N) is 4. The molecule has 2 aliphatic rings. The number of hydrogen-bond acceptors (Lipinski definition) is 4. The molecule has 30 heavy (non-hydrogen) atoms. The smallest absolute Gasteiger partial charge is 0.0233 e. The Balaban J connectivity index is 1.48. The first-order valence-electron chi connectivity index (χ1n) is 12.4. The van der Waals surface area contributed by atoms with Crippen LogP contribution < -0.4 is 0 Å². The Labute approximate surface area is 186 Å². The van der Waals surface area contributed by atoms with Crippen molar-refractivity contribution in [1.82, 2.24) is 19.6 Å². The van der Waals surface area contributed by atoms with Gasteiger partial charge in [0.05, 0.1) is 0 Å². The predicted octanol–water partition coefficient (Wildman–Crippen LogP) is 4.30. The molecule has 2 saturated heterocycles. The van der Waals surface area contributed by atoms with Crippen LogP contribution >= 0.6 is 0 Å². The van der Waals surface area contributed by atoms with E-state index in [9.17, 15) is 0 Å². The van der Waals surface area contributed by atoms with E-state index >= 15 is 0 Å². The standard InChI is InChI=1S/C26H46N4/c1-7-29-15-13-25(17-21(29)3)27(5)19-23-9-11-24(12-10-23)20-28(6)26-14-16-30(8-2)22(4)18-26/h9-12,21-22,25-26H,7-8,13-20H2,1-6H3. The topological polar surface area (TPSA) is 13.0 Å². The van der Waals surface area contributed by atoms with Crippen LogP contribution in [0, 0.1) is 0 Å². The highest BCUT2D eigenvalue weighted by Crippen LogP contribution is 2.24. The third kappa shape index (κ3) is 6.06. The first kappa shape index (κ1) is 23.7. The Morgan fingerprint density at radius 3 is 1.40 bits per heavy atom. The Hall–Kier alpha value is -0.940. The summed E-state index contributed by atoms with van der Waals surface area (Å²) in [6.07, 6.45) is 5.19. The van der Waals surface area contributed by atoms with E-state index in [-0.39, 0.29) is 0 Å². The zero-order valence-corrected chi connectivity index (χ0v) is 20.5. The van der Waals surface area contributed by atoms with Gasteiger partial charge in [0.15, 0.2) is 0 Å². The number of likely N-dealkylation sites (tertiary alicyclic amines) is 2. The van der Waals surface area contributed by atoms with Gasteiger partial charge in [-0.25, -0.2) is 0 Å². The molecule has 0 saturated carbocycles. The first-order valence-corrected chi connectivity index (χ1v) is 12.4. The summed E-state index contributed by atoms with van der Waals surface area (Å²) in [6.45, 7) is 16.3. The predicted molar refractivity (Wildman–Crippen MR) is 129 cm³/mol. The molecule has 0 N–H and O–H groups in total. The molecule has 0 aromatic heterocycles. The fraction of sp³-hybridized carbons (Fsp3) is 0.769. The van der Waals surface area contributed by atoms with Crippen molar-refractivity contribution in [2.24, 2.45) is 0 Å². The van der Waals surface area contributed by atoms with Gasteiger partial charge in [0.25, 0.3) is 0 Å². The summed E-state index contributed by atoms with van der Waals surface area (Å²) in [5.74, 6) is 0. The van der Waals surface area contributed by atoms with Crippen LogP contribution in [0.2, 0.25) is 0 Å². The zero-order chi connectivity index (χ0) is 21.7. The quantitative estimate of drug-likeness (QED) is 0.629. The van der Waals surface area contributed by atoms with Crippen molar-refractivity contribution in [3.05, 3.63) is 35.4 Å². The second-order valence-corrected chi connectivity index (χ2v) is 9.96. The summed E-state index contributed by atoms with van der Waals surface area (Å²) < 4.78 is 0. The summed E-state index contributed by atoms with van der Waals surface area (Å²) in [5.41, 5.74) is 2.89. The SMILES string of the molecule is CCN1CCC(N(C)Cc2ccc(CN(C)C3CCN(CC)C(C)C3)cc2)CC1C. The van der Waals surface area contributed by atoms with E-state index in [1.807, 2.05) is 0 Å². The maximum Gasteiger partial charge on any atom is 0.0233 e. The van der Waals surface area contributed by atoms with Gasteiger partial charge in [0.1, 0.15) is 0 Å². The van der Waals surface area contributed by atoms with Crippen molar-refractivity contribution in [2.45, 2.75) is 90.6 Å². The van der Waals surface area contributed by atoms with Gasteiger partial charge in [-0.1, -0.05) is 38.1 Å². The largest absolute Gasteiger partial charge is 0.301 e. The van der Waals surface area contributed by atoms with Crippen LogP contribution in [0.5, 0.6) is 0 Å². The number of piperidine rings is 2. The molecule has 4 unspecified atom stereocenters. The minimum absolute atomic E-state index is 0.709. The molecule has 4 heteroatoms. The molecule has 0 aliphatic carbocycles. The normalized spacial score (nSPS) is 29.1. The monoisotopic (exact) mass is 414 g/mol. The van der Waals surface area contributed by atoms with E-state index in [0.717, 1.165) is 13.1 Å². The molecule has 4 nitrogen and oxygen atoms in total. The Morgan fingerprint density at radius 2 is 1.10 bits per heavy atom. The van der Waals surface area contributed by atoms with Crippen LogP contribution in [0.4, 0.5) is 0 Å². The lowest BCUT2D eigenvalue weighted by Crippen LogP contribution is -2.47. The lowest BCUT2D eigenvalue weighted by molar-refractivity contribution is 0.0858. The third-order valence-corrected chi connectivity index (χ3v) is 7.92. The van der Waals surface area contributed by atoms with Gasteiger partial charge in [0, 0.05) is 37.3 Å². The van der Waals surface area contributed by atoms with Crippen LogP contribution in [0.1, 0.15) is 64.5 Å². The second kappa shape index (κ2) is 11.1. The van der Waals surface area contributed by atoms with Crippen LogP contribution in [0.25, 0.3) is 0 Å². The summed E-state index contributed by atoms with van der Waals surface area (Å²) in [4.78, 5) is 10.4. The zero-order valence-electron chi connectivity index (χ0n) is 20.5. The van der Waals surface area contributed by atoms with Crippen molar-refractivity contribution in [2.75, 3.05) is 40.3 Å². The van der Waals surface area contributed by atoms with Gasteiger partial charge >= 0.3 is 0 Å². The van der Waals surface area contributed by atoms with Gasteiger partial charge in [-0.2, -0.15) is 0 Å². The molecule has 1 aromatic rings. The van der Waals surface area contributed by atoms with Crippen molar-refractivity contribution in [3.8, 4) is 0 Å². The molecule has 2 heterocycles.